The Kier molecular flexibility index (Phi) is 19.9. The van der Waals surface area contributed by atoms with Crippen LogP contribution in [0, 0.1) is 0 Å². The van der Waals surface area contributed by atoms with Crippen molar-refractivity contribution < 1.29 is 51.3 Å². The Morgan fingerprint density at radius 1 is 1.25 bits per heavy atom. The molecule has 0 fully saturated rings. The van der Waals surface area contributed by atoms with Crippen LogP contribution in [0.5, 0.6) is 0 Å². The van der Waals surface area contributed by atoms with Crippen molar-refractivity contribution in [2.24, 2.45) is 0 Å². The van der Waals surface area contributed by atoms with E-state index in [9.17, 15) is 0 Å². The second-order valence-corrected chi connectivity index (χ2v) is 0.493. The average Bonchev–Trinajstić information content (AvgIpc) is 0.918. The van der Waals surface area contributed by atoms with Crippen LogP contribution in [0.3, 0.4) is 0 Å². The van der Waals surface area contributed by atoms with Crippen molar-refractivity contribution in [1.29, 1.82) is 0 Å². The molecule has 0 atom stereocenters. The van der Waals surface area contributed by atoms with Crippen LogP contribution in [-0.2, 0) is 51.3 Å². The third-order valence-corrected chi connectivity index (χ3v) is 0. The second-order valence-electron chi connectivity index (χ2n) is 0.0833. The van der Waals surface area contributed by atoms with Gasteiger partial charge in [-0.1, -0.05) is 0 Å². The third-order valence-electron chi connectivity index (χ3n) is 0. The summed E-state index contributed by atoms with van der Waals surface area (Å²) in [4.78, 5) is 0. The molecule has 4 heavy (non-hydrogen) atoms. The summed E-state index contributed by atoms with van der Waals surface area (Å²) in [5.74, 6) is 0. The molecule has 0 aliphatic heterocycles. The fourth-order valence-electron chi connectivity index (χ4n) is 0. The van der Waals surface area contributed by atoms with Gasteiger partial charge in [-0.3, -0.25) is 0 Å². The van der Waals surface area contributed by atoms with Crippen molar-refractivity contribution in [1.82, 2.24) is 0 Å². The minimum atomic E-state index is -2.27. The van der Waals surface area contributed by atoms with Gasteiger partial charge >= 0.3 is 28.9 Å². The molecule has 0 aromatic rings. The zero-order valence-corrected chi connectivity index (χ0v) is 6.24. The van der Waals surface area contributed by atoms with Crippen LogP contribution in [0.1, 0.15) is 0 Å². The molecular weight excluding hydrogens is 320 g/mol. The number of hydrogen-bond acceptors (Lipinski definition) is 2. The Morgan fingerprint density at radius 2 is 1.25 bits per heavy atom. The predicted molar refractivity (Wildman–Crippen MR) is 1.37 cm³/mol. The molecular formula is AuO2Zr. The molecule has 0 aliphatic carbocycles. The molecule has 0 aliphatic rings. The zero-order valence-electron chi connectivity index (χ0n) is 1.62. The zero-order chi connectivity index (χ0) is 2.71. The van der Waals surface area contributed by atoms with Gasteiger partial charge in [-0.15, -0.1) is 0 Å². The third kappa shape index (κ3) is 10.6. The van der Waals surface area contributed by atoms with E-state index in [2.05, 4.69) is 0 Å². The number of rotatable bonds is 0. The molecule has 0 aromatic heterocycles. The Hall–Kier alpha value is 1.22. The van der Waals surface area contributed by atoms with Gasteiger partial charge in [-0.05, 0) is 0 Å². The molecule has 4 heteroatoms. The second kappa shape index (κ2) is 8.88. The van der Waals surface area contributed by atoms with Crippen molar-refractivity contribution >= 4 is 0 Å². The van der Waals surface area contributed by atoms with Crippen molar-refractivity contribution in [2.45, 2.75) is 0 Å². The van der Waals surface area contributed by atoms with Crippen LogP contribution in [-0.4, -0.2) is 0 Å². The summed E-state index contributed by atoms with van der Waals surface area (Å²) in [6, 6.07) is 0. The van der Waals surface area contributed by atoms with Gasteiger partial charge in [0, 0.05) is 22.4 Å². The molecule has 0 rings (SSSR count). The summed E-state index contributed by atoms with van der Waals surface area (Å²) in [7, 11) is 0. The fraction of sp³-hybridized carbons (Fsp3) is 0. The van der Waals surface area contributed by atoms with Crippen LogP contribution in [0.25, 0.3) is 0 Å². The molecule has 2 nitrogen and oxygen atoms in total. The van der Waals surface area contributed by atoms with Gasteiger partial charge in [0.25, 0.3) is 0 Å². The summed E-state index contributed by atoms with van der Waals surface area (Å²) < 4.78 is 17.1. The van der Waals surface area contributed by atoms with Gasteiger partial charge in [-0.25, -0.2) is 0 Å². The molecule has 0 N–H and O–H groups in total. The van der Waals surface area contributed by atoms with E-state index in [1.807, 2.05) is 0 Å². The maximum atomic E-state index is 8.54. The van der Waals surface area contributed by atoms with Gasteiger partial charge in [0.2, 0.25) is 0 Å². The van der Waals surface area contributed by atoms with E-state index in [0.29, 0.717) is 0 Å². The van der Waals surface area contributed by atoms with Gasteiger partial charge < -0.3 is 0 Å². The van der Waals surface area contributed by atoms with E-state index >= 15 is 0 Å². The van der Waals surface area contributed by atoms with Crippen LogP contribution in [0.15, 0.2) is 0 Å². The number of hydrogen-bond donors (Lipinski definition) is 0. The van der Waals surface area contributed by atoms with Gasteiger partial charge in [-0.2, -0.15) is 0 Å². The van der Waals surface area contributed by atoms with Crippen LogP contribution < -0.4 is 0 Å². The normalized spacial score (nSPS) is 2.00. The first-order valence-electron chi connectivity index (χ1n) is 0.408. The molecule has 0 saturated carbocycles. The SMILES string of the molecule is [Au].[O]=[Zr]=[O]. The maximum absolute atomic E-state index is 8.54. The first-order chi connectivity index (χ1) is 1.41. The van der Waals surface area contributed by atoms with Gasteiger partial charge in [0.05, 0.1) is 0 Å². The summed E-state index contributed by atoms with van der Waals surface area (Å²) >= 11 is -2.27. The summed E-state index contributed by atoms with van der Waals surface area (Å²) in [5, 5.41) is 0. The van der Waals surface area contributed by atoms with Crippen molar-refractivity contribution in [3.05, 3.63) is 0 Å². The van der Waals surface area contributed by atoms with E-state index in [1.54, 1.807) is 0 Å². The van der Waals surface area contributed by atoms with Crippen molar-refractivity contribution in [2.75, 3.05) is 0 Å². The molecule has 27 valence electrons. The Balaban J connectivity index is 0. The van der Waals surface area contributed by atoms with E-state index in [0.717, 1.165) is 0 Å². The first-order valence-corrected chi connectivity index (χ1v) is 2.42. The van der Waals surface area contributed by atoms with Crippen LogP contribution in [0.2, 0.25) is 0 Å². The molecule has 0 bridgehead atoms. The Labute approximate surface area is 50.9 Å². The predicted octanol–water partition coefficient (Wildman–Crippen LogP) is -0.243. The Morgan fingerprint density at radius 3 is 1.25 bits per heavy atom. The first kappa shape index (κ1) is 8.97. The Bertz CT molecular complexity index is 27.0. The van der Waals surface area contributed by atoms with E-state index in [-0.39, 0.29) is 22.4 Å². The molecule has 0 heterocycles. The molecule has 0 saturated heterocycles. The molecule has 0 spiro atoms. The quantitative estimate of drug-likeness (QED) is 0.577. The molecule has 0 aromatic carbocycles. The average molecular weight is 320 g/mol. The van der Waals surface area contributed by atoms with E-state index < -0.39 is 23.2 Å². The molecule has 0 amide bonds. The van der Waals surface area contributed by atoms with Crippen LogP contribution >= 0.6 is 0 Å². The minimum absolute atomic E-state index is 0. The standard InChI is InChI=1S/Au.2O.Zr. The van der Waals surface area contributed by atoms with E-state index in [1.165, 1.54) is 0 Å². The molecule has 0 unspecified atom stereocenters. The van der Waals surface area contributed by atoms with E-state index in [4.69, 9.17) is 5.63 Å². The summed E-state index contributed by atoms with van der Waals surface area (Å²) in [5.41, 5.74) is 0. The topological polar surface area (TPSA) is 34.1 Å². The van der Waals surface area contributed by atoms with Crippen molar-refractivity contribution in [3.63, 3.8) is 0 Å². The van der Waals surface area contributed by atoms with Gasteiger partial charge in [0.15, 0.2) is 0 Å². The monoisotopic (exact) mass is 319 g/mol. The fourth-order valence-corrected chi connectivity index (χ4v) is 0. The van der Waals surface area contributed by atoms with Crippen molar-refractivity contribution in [3.8, 4) is 0 Å². The van der Waals surface area contributed by atoms with Gasteiger partial charge in [0.1, 0.15) is 0 Å². The summed E-state index contributed by atoms with van der Waals surface area (Å²) in [6.45, 7) is 0. The summed E-state index contributed by atoms with van der Waals surface area (Å²) in [6.07, 6.45) is 0. The van der Waals surface area contributed by atoms with Crippen LogP contribution in [0.4, 0.5) is 0 Å². The molecule has 1 radical (unpaired) electrons.